The number of rotatable bonds is 2. The van der Waals surface area contributed by atoms with Crippen molar-refractivity contribution in [1.82, 2.24) is 15.0 Å². The van der Waals surface area contributed by atoms with Crippen LogP contribution in [-0.2, 0) is 0 Å². The Balaban J connectivity index is 0.000000362. The van der Waals surface area contributed by atoms with E-state index in [1.165, 1.54) is 9.91 Å². The second-order valence-electron chi connectivity index (χ2n) is 10.3. The Morgan fingerprint density at radius 2 is 1.25 bits per heavy atom. The molecule has 154 valence electrons. The van der Waals surface area contributed by atoms with Crippen LogP contribution in [0.1, 0.15) is 62.3 Å². The van der Waals surface area contributed by atoms with Gasteiger partial charge in [0.05, 0.1) is 0 Å². The van der Waals surface area contributed by atoms with Crippen LogP contribution in [0.3, 0.4) is 0 Å². The molecule has 0 saturated carbocycles. The minimum absolute atomic E-state index is 0.293. The van der Waals surface area contributed by atoms with Gasteiger partial charge in [0.25, 0.3) is 0 Å². The summed E-state index contributed by atoms with van der Waals surface area (Å²) >= 11 is -2.91. The van der Waals surface area contributed by atoms with Gasteiger partial charge < -0.3 is 10.0 Å². The fourth-order valence-corrected chi connectivity index (χ4v) is 32.9. The summed E-state index contributed by atoms with van der Waals surface area (Å²) in [5.41, 5.74) is 0.414. The number of nitrogens with zero attached hydrogens (tertiary/aromatic N) is 3. The molecule has 0 atom stereocenters. The molecular weight excluding hydrogens is 456 g/mol. The molecule has 0 radical (unpaired) electrons. The van der Waals surface area contributed by atoms with Gasteiger partial charge in [0.15, 0.2) is 0 Å². The summed E-state index contributed by atoms with van der Waals surface area (Å²) in [6.45, 7) is 21.7. The van der Waals surface area contributed by atoms with Crippen LogP contribution in [0.15, 0.2) is 43.1 Å². The van der Waals surface area contributed by atoms with E-state index in [0.29, 0.717) is 15.8 Å². The summed E-state index contributed by atoms with van der Waals surface area (Å²) in [6.07, 6.45) is 8.67. The van der Waals surface area contributed by atoms with Gasteiger partial charge in [-0.25, -0.2) is 0 Å². The quantitative estimate of drug-likeness (QED) is 0.630. The minimum atomic E-state index is -2.91. The first kappa shape index (κ1) is 25.1. The molecule has 2 aromatic heterocycles. The molecule has 0 fully saturated rings. The molecule has 0 amide bonds. The molecule has 0 aromatic carbocycles. The Labute approximate surface area is 175 Å². The smallest absolute Gasteiger partial charge is 0.423 e. The molecule has 0 aliphatic heterocycles. The van der Waals surface area contributed by atoms with E-state index < -0.39 is 25.5 Å². The molecule has 2 aromatic rings. The molecule has 0 unspecified atom stereocenters. The number of pyridine rings is 1. The third kappa shape index (κ3) is 5.33. The van der Waals surface area contributed by atoms with E-state index in [1.807, 2.05) is 12.4 Å². The fraction of sp³-hybridized carbons (Fsp3) is 0.571. The van der Waals surface area contributed by atoms with E-state index in [0.717, 1.165) is 0 Å². The van der Waals surface area contributed by atoms with Gasteiger partial charge in [0, 0.05) is 17.9 Å². The zero-order valence-electron chi connectivity index (χ0n) is 18.9. The van der Waals surface area contributed by atoms with Gasteiger partial charge in [0.2, 0.25) is 0 Å². The summed E-state index contributed by atoms with van der Waals surface area (Å²) in [4.78, 5) is 12.8. The summed E-state index contributed by atoms with van der Waals surface area (Å²) in [7, 11) is -1.40. The molecule has 28 heavy (non-hydrogen) atoms. The van der Waals surface area contributed by atoms with E-state index in [1.54, 1.807) is 24.5 Å². The molecular formula is C21H36BN3O2Sn. The standard InChI is InChI=1S/C5H6BNO2.C4H3N2.3C4H9.Sn/c8-6(9)5-2-1-3-7-4-5;1-2-6-4-3-5-1;3*1-4(2)3;/h1-4,8-9H;1-3H;3*1-3H3;. The van der Waals surface area contributed by atoms with E-state index in [4.69, 9.17) is 15.0 Å². The van der Waals surface area contributed by atoms with Crippen LogP contribution in [0, 0.1) is 0 Å². The number of aromatic nitrogens is 3. The first-order chi connectivity index (χ1) is 12.7. The van der Waals surface area contributed by atoms with Crippen molar-refractivity contribution in [3.63, 3.8) is 0 Å². The van der Waals surface area contributed by atoms with Gasteiger partial charge in [-0.15, -0.1) is 0 Å². The Hall–Kier alpha value is -0.986. The molecule has 2 N–H and O–H groups in total. The molecule has 0 aliphatic carbocycles. The van der Waals surface area contributed by atoms with E-state index >= 15 is 0 Å². The average molecular weight is 492 g/mol. The maximum absolute atomic E-state index is 8.54. The predicted molar refractivity (Wildman–Crippen MR) is 121 cm³/mol. The van der Waals surface area contributed by atoms with Crippen molar-refractivity contribution in [2.24, 2.45) is 0 Å². The molecule has 0 spiro atoms. The summed E-state index contributed by atoms with van der Waals surface area (Å²) in [6, 6.07) is 3.24. The van der Waals surface area contributed by atoms with Gasteiger partial charge in [-0.1, -0.05) is 6.07 Å². The van der Waals surface area contributed by atoms with Crippen molar-refractivity contribution in [1.29, 1.82) is 0 Å². The third-order valence-corrected chi connectivity index (χ3v) is 27.5. The van der Waals surface area contributed by atoms with Crippen molar-refractivity contribution in [3.05, 3.63) is 43.1 Å². The van der Waals surface area contributed by atoms with E-state index in [-0.39, 0.29) is 0 Å². The fourth-order valence-electron chi connectivity index (χ4n) is 5.55. The van der Waals surface area contributed by atoms with Crippen molar-refractivity contribution >= 4 is 34.7 Å². The molecule has 5 nitrogen and oxygen atoms in total. The van der Waals surface area contributed by atoms with Crippen molar-refractivity contribution in [2.45, 2.75) is 72.6 Å². The van der Waals surface area contributed by atoms with Crippen LogP contribution in [0.5, 0.6) is 0 Å². The first-order valence-electron chi connectivity index (χ1n) is 9.69. The third-order valence-electron chi connectivity index (χ3n) is 5.30. The van der Waals surface area contributed by atoms with Gasteiger partial charge in [0.1, 0.15) is 0 Å². The SMILES string of the molecule is C[C](C)(C)[Sn]([c]1cnccn1)([C](C)(C)C)[C](C)(C)C.OB(O)c1cccnc1. The van der Waals surface area contributed by atoms with Crippen molar-refractivity contribution in [2.75, 3.05) is 0 Å². The largest absolute Gasteiger partial charge is 0.490 e. The topological polar surface area (TPSA) is 79.1 Å². The Bertz CT molecular complexity index is 685. The maximum Gasteiger partial charge on any atom is 0.490 e. The second kappa shape index (κ2) is 9.22. The summed E-state index contributed by atoms with van der Waals surface area (Å²) < 4.78 is 2.19. The first-order valence-corrected chi connectivity index (χ1v) is 15.4. The van der Waals surface area contributed by atoms with Gasteiger partial charge >= 0.3 is 130 Å². The summed E-state index contributed by atoms with van der Waals surface area (Å²) in [5.74, 6) is 0. The Morgan fingerprint density at radius 1 is 0.750 bits per heavy atom. The van der Waals surface area contributed by atoms with Gasteiger partial charge in [-0.05, 0) is 6.07 Å². The number of hydrogen-bond donors (Lipinski definition) is 2. The molecule has 0 saturated heterocycles. The molecule has 2 rings (SSSR count). The minimum Gasteiger partial charge on any atom is -0.423 e. The van der Waals surface area contributed by atoms with Gasteiger partial charge in [-0.3, -0.25) is 4.98 Å². The van der Waals surface area contributed by atoms with Crippen LogP contribution in [0.25, 0.3) is 0 Å². The van der Waals surface area contributed by atoms with Crippen LogP contribution in [0.2, 0.25) is 10.3 Å². The zero-order chi connectivity index (χ0) is 21.8. The molecule has 0 bridgehead atoms. The monoisotopic (exact) mass is 493 g/mol. The van der Waals surface area contributed by atoms with Crippen LogP contribution in [0.4, 0.5) is 0 Å². The maximum atomic E-state index is 8.54. The van der Waals surface area contributed by atoms with Crippen LogP contribution >= 0.6 is 0 Å². The van der Waals surface area contributed by atoms with Crippen molar-refractivity contribution < 1.29 is 10.0 Å². The normalized spacial score (nSPS) is 12.8. The molecule has 0 aliphatic rings. The van der Waals surface area contributed by atoms with Crippen LogP contribution < -0.4 is 9.17 Å². The van der Waals surface area contributed by atoms with E-state index in [2.05, 4.69) is 72.3 Å². The average Bonchev–Trinajstić information content (AvgIpc) is 2.53. The zero-order valence-corrected chi connectivity index (χ0v) is 21.7. The second-order valence-corrected chi connectivity index (χ2v) is 28.8. The number of hydrogen-bond acceptors (Lipinski definition) is 5. The molecule has 7 heteroatoms. The summed E-state index contributed by atoms with van der Waals surface area (Å²) in [5, 5.41) is 17.1. The molecule has 2 heterocycles. The predicted octanol–water partition coefficient (Wildman–Crippen LogP) is 3.29. The Morgan fingerprint density at radius 3 is 1.54 bits per heavy atom. The van der Waals surface area contributed by atoms with E-state index in [9.17, 15) is 0 Å². The van der Waals surface area contributed by atoms with Gasteiger partial charge in [-0.2, -0.15) is 0 Å². The van der Waals surface area contributed by atoms with Crippen LogP contribution in [-0.4, -0.2) is 50.5 Å². The Kier molecular flexibility index (Phi) is 8.25. The van der Waals surface area contributed by atoms with Crippen molar-refractivity contribution in [3.8, 4) is 0 Å².